The molecule has 0 aliphatic heterocycles. The van der Waals surface area contributed by atoms with Gasteiger partial charge in [0.15, 0.2) is 0 Å². The lowest BCUT2D eigenvalue weighted by Gasteiger charge is -2.19. The van der Waals surface area contributed by atoms with Crippen LogP contribution in [0, 0.1) is 0 Å². The van der Waals surface area contributed by atoms with Crippen LogP contribution in [0.15, 0.2) is 48.8 Å². The zero-order valence-corrected chi connectivity index (χ0v) is 11.5. The predicted molar refractivity (Wildman–Crippen MR) is 76.0 cm³/mol. The molecule has 1 N–H and O–H groups in total. The number of ether oxygens (including phenoxy) is 1. The number of carbonyl (C=O) groups is 1. The van der Waals surface area contributed by atoms with E-state index in [9.17, 15) is 4.79 Å². The van der Waals surface area contributed by atoms with Gasteiger partial charge in [-0.1, -0.05) is 30.3 Å². The monoisotopic (exact) mass is 273 g/mol. The highest BCUT2D eigenvalue weighted by atomic mass is 16.5. The van der Waals surface area contributed by atoms with E-state index in [1.165, 1.54) is 0 Å². The number of hydrogen-bond acceptors (Lipinski definition) is 3. The third kappa shape index (κ3) is 4.20. The molecule has 0 radical (unpaired) electrons. The average Bonchev–Trinajstić information content (AvgIpc) is 2.98. The van der Waals surface area contributed by atoms with Crippen LogP contribution in [0.4, 0.5) is 0 Å². The summed E-state index contributed by atoms with van der Waals surface area (Å²) in [4.78, 5) is 11.8. The van der Waals surface area contributed by atoms with E-state index in [2.05, 4.69) is 10.4 Å². The number of carbonyl (C=O) groups excluding carboxylic acids is 1. The zero-order valence-electron chi connectivity index (χ0n) is 11.5. The van der Waals surface area contributed by atoms with Gasteiger partial charge in [0, 0.05) is 19.0 Å². The number of nitrogens with zero attached hydrogens (tertiary/aromatic N) is 2. The molecule has 1 heterocycles. The molecule has 1 atom stereocenters. The summed E-state index contributed by atoms with van der Waals surface area (Å²) in [5.74, 6) is -0.118. The fourth-order valence-electron chi connectivity index (χ4n) is 1.95. The second-order valence-corrected chi connectivity index (χ2v) is 4.40. The summed E-state index contributed by atoms with van der Waals surface area (Å²) in [5.41, 5.74) is 1.05. The van der Waals surface area contributed by atoms with Crippen molar-refractivity contribution in [2.24, 2.45) is 0 Å². The molecule has 20 heavy (non-hydrogen) atoms. The summed E-state index contributed by atoms with van der Waals surface area (Å²) in [6, 6.07) is 11.6. The summed E-state index contributed by atoms with van der Waals surface area (Å²) in [6.07, 6.45) is 3.61. The van der Waals surface area contributed by atoms with Gasteiger partial charge in [0.05, 0.1) is 12.6 Å². The third-order valence-corrected chi connectivity index (χ3v) is 2.90. The fourth-order valence-corrected chi connectivity index (χ4v) is 1.95. The summed E-state index contributed by atoms with van der Waals surface area (Å²) in [7, 11) is 0. The number of aromatic nitrogens is 2. The minimum absolute atomic E-state index is 0.0823. The Kier molecular flexibility index (Phi) is 5.32. The summed E-state index contributed by atoms with van der Waals surface area (Å²) in [6.45, 7) is 3.07. The van der Waals surface area contributed by atoms with E-state index < -0.39 is 0 Å². The van der Waals surface area contributed by atoms with Crippen molar-refractivity contribution < 1.29 is 9.53 Å². The molecular formula is C15H19N3O2. The first kappa shape index (κ1) is 14.3. The maximum atomic E-state index is 11.8. The van der Waals surface area contributed by atoms with Gasteiger partial charge in [-0.25, -0.2) is 0 Å². The molecule has 0 aliphatic carbocycles. The average molecular weight is 273 g/mol. The van der Waals surface area contributed by atoms with Gasteiger partial charge >= 0.3 is 0 Å². The molecule has 0 aliphatic rings. The highest BCUT2D eigenvalue weighted by Gasteiger charge is 2.15. The van der Waals surface area contributed by atoms with Crippen molar-refractivity contribution in [3.05, 3.63) is 54.4 Å². The Labute approximate surface area is 118 Å². The lowest BCUT2D eigenvalue weighted by Crippen LogP contribution is -2.34. The fraction of sp³-hybridized carbons (Fsp3) is 0.333. The normalized spacial score (nSPS) is 12.1. The van der Waals surface area contributed by atoms with Crippen molar-refractivity contribution in [1.82, 2.24) is 15.1 Å². The molecule has 106 valence electrons. The highest BCUT2D eigenvalue weighted by Crippen LogP contribution is 2.14. The van der Waals surface area contributed by atoms with Gasteiger partial charge in [-0.3, -0.25) is 9.48 Å². The topological polar surface area (TPSA) is 56.1 Å². The molecule has 1 aromatic heterocycles. The number of nitrogens with one attached hydrogen (secondary N) is 1. The number of rotatable bonds is 7. The maximum absolute atomic E-state index is 11.8. The van der Waals surface area contributed by atoms with Gasteiger partial charge in [0.25, 0.3) is 0 Å². The summed E-state index contributed by atoms with van der Waals surface area (Å²) in [5, 5.41) is 7.17. The number of benzene rings is 1. The molecular weight excluding hydrogens is 254 g/mol. The van der Waals surface area contributed by atoms with Crippen molar-refractivity contribution in [2.45, 2.75) is 19.5 Å². The largest absolute Gasteiger partial charge is 0.372 e. The zero-order chi connectivity index (χ0) is 14.2. The SMILES string of the molecule is CCOCC(=O)NC(Cn1cccn1)c1ccccc1. The van der Waals surface area contributed by atoms with Crippen LogP contribution in [0.1, 0.15) is 18.5 Å². The van der Waals surface area contributed by atoms with Crippen LogP contribution in [0.25, 0.3) is 0 Å². The summed E-state index contributed by atoms with van der Waals surface area (Å²) >= 11 is 0. The van der Waals surface area contributed by atoms with E-state index in [1.807, 2.05) is 49.5 Å². The Morgan fingerprint density at radius 3 is 2.80 bits per heavy atom. The van der Waals surface area contributed by atoms with Gasteiger partial charge in [0.1, 0.15) is 6.61 Å². The molecule has 0 spiro atoms. The standard InChI is InChI=1S/C15H19N3O2/c1-2-20-12-15(19)17-14(11-18-10-6-9-16-18)13-7-4-3-5-8-13/h3-10,14H,2,11-12H2,1H3,(H,17,19). The van der Waals surface area contributed by atoms with Crippen molar-refractivity contribution in [2.75, 3.05) is 13.2 Å². The Morgan fingerprint density at radius 1 is 1.35 bits per heavy atom. The van der Waals surface area contributed by atoms with E-state index in [0.717, 1.165) is 5.56 Å². The molecule has 1 aromatic carbocycles. The van der Waals surface area contributed by atoms with Crippen LogP contribution in [0.2, 0.25) is 0 Å². The Balaban J connectivity index is 2.06. The van der Waals surface area contributed by atoms with Gasteiger partial charge < -0.3 is 10.1 Å². The Hall–Kier alpha value is -2.14. The van der Waals surface area contributed by atoms with Crippen molar-refractivity contribution >= 4 is 5.91 Å². The van der Waals surface area contributed by atoms with Crippen LogP contribution in [-0.4, -0.2) is 28.9 Å². The highest BCUT2D eigenvalue weighted by molar-refractivity contribution is 5.77. The first-order chi connectivity index (χ1) is 9.79. The van der Waals surface area contributed by atoms with E-state index in [-0.39, 0.29) is 18.6 Å². The molecule has 0 bridgehead atoms. The van der Waals surface area contributed by atoms with Gasteiger partial charge in [-0.15, -0.1) is 0 Å². The van der Waals surface area contributed by atoms with Gasteiger partial charge in [-0.05, 0) is 18.6 Å². The first-order valence-corrected chi connectivity index (χ1v) is 6.69. The van der Waals surface area contributed by atoms with Crippen molar-refractivity contribution in [3.8, 4) is 0 Å². The molecule has 2 aromatic rings. The molecule has 1 amide bonds. The van der Waals surface area contributed by atoms with Gasteiger partial charge in [0.2, 0.25) is 5.91 Å². The molecule has 0 saturated heterocycles. The minimum atomic E-state index is -0.121. The van der Waals surface area contributed by atoms with Crippen LogP contribution in [0.3, 0.4) is 0 Å². The molecule has 0 saturated carbocycles. The lowest BCUT2D eigenvalue weighted by atomic mass is 10.1. The molecule has 1 unspecified atom stereocenters. The minimum Gasteiger partial charge on any atom is -0.372 e. The van der Waals surface area contributed by atoms with Gasteiger partial charge in [-0.2, -0.15) is 5.10 Å². The Morgan fingerprint density at radius 2 is 2.15 bits per heavy atom. The summed E-state index contributed by atoms with van der Waals surface area (Å²) < 4.78 is 6.94. The maximum Gasteiger partial charge on any atom is 0.246 e. The Bertz CT molecular complexity index is 511. The van der Waals surface area contributed by atoms with E-state index in [1.54, 1.807) is 10.9 Å². The lowest BCUT2D eigenvalue weighted by molar-refractivity contribution is -0.126. The third-order valence-electron chi connectivity index (χ3n) is 2.90. The van der Waals surface area contributed by atoms with E-state index in [0.29, 0.717) is 13.2 Å². The van der Waals surface area contributed by atoms with E-state index >= 15 is 0 Å². The number of amides is 1. The smallest absolute Gasteiger partial charge is 0.246 e. The van der Waals surface area contributed by atoms with Crippen LogP contribution < -0.4 is 5.32 Å². The van der Waals surface area contributed by atoms with Crippen molar-refractivity contribution in [1.29, 1.82) is 0 Å². The van der Waals surface area contributed by atoms with Crippen LogP contribution in [0.5, 0.6) is 0 Å². The van der Waals surface area contributed by atoms with Crippen molar-refractivity contribution in [3.63, 3.8) is 0 Å². The first-order valence-electron chi connectivity index (χ1n) is 6.69. The molecule has 0 fully saturated rings. The second-order valence-electron chi connectivity index (χ2n) is 4.40. The predicted octanol–water partition coefficient (Wildman–Crippen LogP) is 1.78. The quantitative estimate of drug-likeness (QED) is 0.836. The molecule has 5 nitrogen and oxygen atoms in total. The van der Waals surface area contributed by atoms with E-state index in [4.69, 9.17) is 4.74 Å². The number of hydrogen-bond donors (Lipinski definition) is 1. The molecule has 2 rings (SSSR count). The second kappa shape index (κ2) is 7.45. The van der Waals surface area contributed by atoms with Crippen LogP contribution >= 0.6 is 0 Å². The molecule has 5 heteroatoms. The van der Waals surface area contributed by atoms with Crippen LogP contribution in [-0.2, 0) is 16.1 Å².